The number of carboxylic acid groups (broad SMARTS) is 1. The molecule has 0 aromatic carbocycles. The molecule has 10 heteroatoms. The van der Waals surface area contributed by atoms with Crippen LogP contribution >= 0.6 is 0 Å². The lowest BCUT2D eigenvalue weighted by Crippen LogP contribution is -2.53. The maximum atomic E-state index is 13.0. The van der Waals surface area contributed by atoms with Crippen LogP contribution in [0.3, 0.4) is 0 Å². The molecule has 7 nitrogen and oxygen atoms in total. The number of hydrogen-bond acceptors (Lipinski definition) is 5. The number of carbonyl (C=O) groups excluding carboxylic acids is 1. The van der Waals surface area contributed by atoms with Gasteiger partial charge in [-0.1, -0.05) is 6.07 Å². The molecule has 0 unspecified atom stereocenters. The average molecular weight is 443 g/mol. The van der Waals surface area contributed by atoms with Gasteiger partial charge in [0, 0.05) is 44.9 Å². The Hall–Kier alpha value is -2.20. The van der Waals surface area contributed by atoms with Crippen molar-refractivity contribution in [2.45, 2.75) is 44.5 Å². The third-order valence-electron chi connectivity index (χ3n) is 6.07. The van der Waals surface area contributed by atoms with Crippen molar-refractivity contribution in [3.8, 4) is 0 Å². The van der Waals surface area contributed by atoms with E-state index in [2.05, 4.69) is 14.8 Å². The number of rotatable bonds is 4. The van der Waals surface area contributed by atoms with E-state index in [0.29, 0.717) is 11.6 Å². The van der Waals surface area contributed by atoms with Crippen LogP contribution in [0.15, 0.2) is 18.2 Å². The Morgan fingerprint density at radius 2 is 1.90 bits per heavy atom. The van der Waals surface area contributed by atoms with E-state index in [1.807, 2.05) is 32.2 Å². The molecular weight excluding hydrogens is 415 g/mol. The molecule has 1 aliphatic carbocycles. The maximum Gasteiger partial charge on any atom is 0.490 e. The van der Waals surface area contributed by atoms with Crippen molar-refractivity contribution in [2.24, 2.45) is 11.8 Å². The second kappa shape index (κ2) is 9.52. The van der Waals surface area contributed by atoms with Gasteiger partial charge in [0.25, 0.3) is 5.91 Å². The summed E-state index contributed by atoms with van der Waals surface area (Å²) in [6.07, 6.45) is -1.15. The largest absolute Gasteiger partial charge is 0.490 e. The van der Waals surface area contributed by atoms with Crippen LogP contribution in [0.25, 0.3) is 0 Å². The van der Waals surface area contributed by atoms with Crippen molar-refractivity contribution in [1.82, 2.24) is 14.8 Å². The van der Waals surface area contributed by atoms with Gasteiger partial charge in [-0.2, -0.15) is 13.2 Å². The monoisotopic (exact) mass is 443 g/mol. The SMILES string of the molecule is CO[C@@H]1CCN(C(=O)c2cccc(C)n2)[C@@H]2CN(CC3CC3)C[C@@H]21.O=C(O)C(F)(F)F. The number of fused-ring (bicyclic) bond motifs is 1. The number of piperidine rings is 1. The predicted octanol–water partition coefficient (Wildman–Crippen LogP) is 2.59. The number of halogens is 3. The quantitative estimate of drug-likeness (QED) is 0.770. The van der Waals surface area contributed by atoms with Crippen LogP contribution in [0.4, 0.5) is 13.2 Å². The molecule has 0 spiro atoms. The van der Waals surface area contributed by atoms with Crippen molar-refractivity contribution >= 4 is 11.9 Å². The molecule has 3 atom stereocenters. The summed E-state index contributed by atoms with van der Waals surface area (Å²) in [6.45, 7) is 5.94. The van der Waals surface area contributed by atoms with Crippen molar-refractivity contribution in [2.75, 3.05) is 33.3 Å². The Morgan fingerprint density at radius 1 is 1.23 bits per heavy atom. The number of carbonyl (C=O) groups is 2. The third-order valence-corrected chi connectivity index (χ3v) is 6.07. The van der Waals surface area contributed by atoms with E-state index < -0.39 is 12.1 Å². The van der Waals surface area contributed by atoms with Gasteiger partial charge in [0.05, 0.1) is 12.1 Å². The second-order valence-corrected chi connectivity index (χ2v) is 8.42. The Kier molecular flexibility index (Phi) is 7.20. The average Bonchev–Trinajstić information content (AvgIpc) is 3.42. The Balaban J connectivity index is 0.000000339. The number of alkyl halides is 3. The highest BCUT2D eigenvalue weighted by Gasteiger charge is 2.47. The summed E-state index contributed by atoms with van der Waals surface area (Å²) in [5, 5.41) is 7.12. The van der Waals surface area contributed by atoms with Gasteiger partial charge in [0.15, 0.2) is 0 Å². The molecule has 172 valence electrons. The molecule has 1 amide bonds. The topological polar surface area (TPSA) is 83.0 Å². The van der Waals surface area contributed by atoms with E-state index >= 15 is 0 Å². The Morgan fingerprint density at radius 3 is 2.45 bits per heavy atom. The molecule has 4 rings (SSSR count). The number of hydrogen-bond donors (Lipinski definition) is 1. The lowest BCUT2D eigenvalue weighted by molar-refractivity contribution is -0.192. The molecular formula is C21H28F3N3O4. The molecule has 0 bridgehead atoms. The van der Waals surface area contributed by atoms with Crippen LogP contribution in [0.5, 0.6) is 0 Å². The van der Waals surface area contributed by atoms with E-state index in [4.69, 9.17) is 14.6 Å². The van der Waals surface area contributed by atoms with Crippen molar-refractivity contribution in [3.05, 3.63) is 29.6 Å². The first-order valence-corrected chi connectivity index (χ1v) is 10.4. The fraction of sp³-hybridized carbons (Fsp3) is 0.667. The van der Waals surface area contributed by atoms with Crippen molar-refractivity contribution in [3.63, 3.8) is 0 Å². The molecule has 3 fully saturated rings. The van der Waals surface area contributed by atoms with Crippen molar-refractivity contribution in [1.29, 1.82) is 0 Å². The molecule has 1 N–H and O–H groups in total. The highest BCUT2D eigenvalue weighted by Crippen LogP contribution is 2.36. The number of carboxylic acids is 1. The first-order chi connectivity index (χ1) is 14.6. The number of methoxy groups -OCH3 is 1. The molecule has 1 aromatic rings. The molecule has 3 heterocycles. The maximum absolute atomic E-state index is 13.0. The number of aryl methyl sites for hydroxylation is 1. The first-order valence-electron chi connectivity index (χ1n) is 10.4. The molecule has 1 aromatic heterocycles. The van der Waals surface area contributed by atoms with E-state index in [1.165, 1.54) is 19.4 Å². The molecule has 1 saturated carbocycles. The number of aliphatic carboxylic acids is 1. The van der Waals surface area contributed by atoms with Gasteiger partial charge in [0.2, 0.25) is 0 Å². The van der Waals surface area contributed by atoms with Crippen LogP contribution in [0, 0.1) is 18.8 Å². The number of amides is 1. The fourth-order valence-corrected chi connectivity index (χ4v) is 4.40. The van der Waals surface area contributed by atoms with Gasteiger partial charge in [-0.05, 0) is 44.2 Å². The minimum Gasteiger partial charge on any atom is -0.475 e. The van der Waals surface area contributed by atoms with Crippen LogP contribution in [-0.4, -0.2) is 83.4 Å². The van der Waals surface area contributed by atoms with Gasteiger partial charge in [-0.15, -0.1) is 0 Å². The highest BCUT2D eigenvalue weighted by molar-refractivity contribution is 5.92. The number of pyridine rings is 1. The number of nitrogens with zero attached hydrogens (tertiary/aromatic N) is 3. The van der Waals surface area contributed by atoms with Gasteiger partial charge in [-0.3, -0.25) is 4.79 Å². The van der Waals surface area contributed by atoms with Crippen LogP contribution < -0.4 is 0 Å². The summed E-state index contributed by atoms with van der Waals surface area (Å²) in [5.74, 6) is -1.37. The number of aromatic nitrogens is 1. The van der Waals surface area contributed by atoms with E-state index in [-0.39, 0.29) is 18.1 Å². The van der Waals surface area contributed by atoms with E-state index in [1.54, 1.807) is 0 Å². The summed E-state index contributed by atoms with van der Waals surface area (Å²) in [5.41, 5.74) is 1.47. The van der Waals surface area contributed by atoms with Gasteiger partial charge in [-0.25, -0.2) is 9.78 Å². The summed E-state index contributed by atoms with van der Waals surface area (Å²) in [6, 6.07) is 5.95. The Labute approximate surface area is 179 Å². The molecule has 2 saturated heterocycles. The van der Waals surface area contributed by atoms with Gasteiger partial charge in [0.1, 0.15) is 5.69 Å². The molecule has 31 heavy (non-hydrogen) atoms. The van der Waals surface area contributed by atoms with E-state index in [0.717, 1.165) is 37.7 Å². The summed E-state index contributed by atoms with van der Waals surface area (Å²) < 4.78 is 37.5. The standard InChI is InChI=1S/C19H27N3O2.C2HF3O2/c1-13-4-3-5-16(20-13)19(23)22-9-8-18(24-2)15-11-21(12-17(15)22)10-14-6-7-14;3-2(4,5)1(6)7/h3-5,14-15,17-18H,6-12H2,1-2H3;(H,6,7)/t15-,17+,18+;/m0./s1. The first kappa shape index (κ1) is 23.5. The van der Waals surface area contributed by atoms with E-state index in [9.17, 15) is 18.0 Å². The minimum absolute atomic E-state index is 0.0801. The summed E-state index contributed by atoms with van der Waals surface area (Å²) >= 11 is 0. The molecule has 2 aliphatic heterocycles. The van der Waals surface area contributed by atoms with Gasteiger partial charge >= 0.3 is 12.1 Å². The van der Waals surface area contributed by atoms with Crippen LogP contribution in [0.2, 0.25) is 0 Å². The fourth-order valence-electron chi connectivity index (χ4n) is 4.40. The zero-order valence-electron chi connectivity index (χ0n) is 17.6. The molecule has 0 radical (unpaired) electrons. The number of ether oxygens (including phenoxy) is 1. The minimum atomic E-state index is -5.08. The lowest BCUT2D eigenvalue weighted by atomic mass is 9.88. The van der Waals surface area contributed by atoms with Crippen molar-refractivity contribution < 1.29 is 32.6 Å². The zero-order chi connectivity index (χ0) is 22.8. The summed E-state index contributed by atoms with van der Waals surface area (Å²) in [7, 11) is 1.81. The van der Waals surface area contributed by atoms with Crippen LogP contribution in [0.1, 0.15) is 35.4 Å². The highest BCUT2D eigenvalue weighted by atomic mass is 19.4. The Bertz CT molecular complexity index is 800. The van der Waals surface area contributed by atoms with Crippen LogP contribution in [-0.2, 0) is 9.53 Å². The zero-order valence-corrected chi connectivity index (χ0v) is 17.6. The lowest BCUT2D eigenvalue weighted by Gasteiger charge is -2.41. The third kappa shape index (κ3) is 5.94. The second-order valence-electron chi connectivity index (χ2n) is 8.42. The predicted molar refractivity (Wildman–Crippen MR) is 106 cm³/mol. The smallest absolute Gasteiger partial charge is 0.475 e. The summed E-state index contributed by atoms with van der Waals surface area (Å²) in [4.78, 5) is 31.0. The normalized spacial score (nSPS) is 26.1. The number of likely N-dealkylation sites (tertiary alicyclic amines) is 2. The van der Waals surface area contributed by atoms with Gasteiger partial charge < -0.3 is 19.6 Å². The molecule has 3 aliphatic rings.